The van der Waals surface area contributed by atoms with E-state index in [4.69, 9.17) is 10.00 Å². The van der Waals surface area contributed by atoms with E-state index in [1.165, 1.54) is 0 Å². The number of aromatic nitrogens is 2. The lowest BCUT2D eigenvalue weighted by Crippen LogP contribution is -2.16. The number of ether oxygens (including phenoxy) is 1. The van der Waals surface area contributed by atoms with Crippen LogP contribution in [0.2, 0.25) is 0 Å². The van der Waals surface area contributed by atoms with E-state index in [2.05, 4.69) is 16.5 Å². The highest BCUT2D eigenvalue weighted by Crippen LogP contribution is 2.26. The summed E-state index contributed by atoms with van der Waals surface area (Å²) in [6, 6.07) is 16.9. The zero-order chi connectivity index (χ0) is 20.1. The van der Waals surface area contributed by atoms with E-state index in [0.29, 0.717) is 23.6 Å². The molecule has 6 nitrogen and oxygen atoms in total. The fourth-order valence-electron chi connectivity index (χ4n) is 3.08. The summed E-state index contributed by atoms with van der Waals surface area (Å²) in [5, 5.41) is 16.6. The molecule has 6 heteroatoms. The molecule has 3 rings (SSSR count). The molecule has 0 spiro atoms. The molecule has 0 unspecified atom stereocenters. The molecule has 1 aromatic heterocycles. The second-order valence-corrected chi connectivity index (χ2v) is 6.38. The van der Waals surface area contributed by atoms with Crippen molar-refractivity contribution in [3.63, 3.8) is 0 Å². The molecular formula is C22H22N4O2. The normalized spacial score (nSPS) is 10.4. The molecule has 0 atom stereocenters. The third-order valence-electron chi connectivity index (χ3n) is 4.46. The molecule has 3 aromatic rings. The molecule has 0 aliphatic rings. The molecule has 1 amide bonds. The van der Waals surface area contributed by atoms with E-state index in [9.17, 15) is 4.79 Å². The predicted molar refractivity (Wildman–Crippen MR) is 108 cm³/mol. The van der Waals surface area contributed by atoms with Gasteiger partial charge in [-0.2, -0.15) is 10.4 Å². The monoisotopic (exact) mass is 374 g/mol. The van der Waals surface area contributed by atoms with Crippen LogP contribution in [0, 0.1) is 25.2 Å². The van der Waals surface area contributed by atoms with Gasteiger partial charge in [-0.05, 0) is 51.1 Å². The van der Waals surface area contributed by atoms with Gasteiger partial charge in [-0.3, -0.25) is 4.79 Å². The van der Waals surface area contributed by atoms with Crippen LogP contribution in [0.5, 0.6) is 5.75 Å². The highest BCUT2D eigenvalue weighted by Gasteiger charge is 2.17. The minimum Gasteiger partial charge on any atom is -0.492 e. The van der Waals surface area contributed by atoms with Crippen molar-refractivity contribution in [2.24, 2.45) is 0 Å². The molecule has 0 radical (unpaired) electrons. The molecule has 1 heterocycles. The molecule has 0 saturated heterocycles. The van der Waals surface area contributed by atoms with Crippen molar-refractivity contribution >= 4 is 11.6 Å². The maximum atomic E-state index is 12.7. The van der Waals surface area contributed by atoms with E-state index < -0.39 is 0 Å². The van der Waals surface area contributed by atoms with Gasteiger partial charge in [-0.15, -0.1) is 0 Å². The van der Waals surface area contributed by atoms with E-state index >= 15 is 0 Å². The average molecular weight is 374 g/mol. The number of nitrogens with one attached hydrogen (secondary N) is 1. The SMILES string of the molecule is CCOc1ccc(C#N)cc1NC(=O)Cc1c(C)nn(-c2ccccc2)c1C. The van der Waals surface area contributed by atoms with Crippen molar-refractivity contribution in [2.75, 3.05) is 11.9 Å². The van der Waals surface area contributed by atoms with Crippen LogP contribution in [-0.4, -0.2) is 22.3 Å². The number of para-hydroxylation sites is 1. The molecule has 28 heavy (non-hydrogen) atoms. The van der Waals surface area contributed by atoms with Crippen LogP contribution in [-0.2, 0) is 11.2 Å². The third-order valence-corrected chi connectivity index (χ3v) is 4.46. The van der Waals surface area contributed by atoms with Gasteiger partial charge in [-0.1, -0.05) is 18.2 Å². The number of anilines is 1. The molecule has 2 aromatic carbocycles. The second kappa shape index (κ2) is 8.40. The summed E-state index contributed by atoms with van der Waals surface area (Å²) in [5.74, 6) is 0.359. The minimum atomic E-state index is -0.185. The van der Waals surface area contributed by atoms with Crippen LogP contribution in [0.15, 0.2) is 48.5 Å². The number of rotatable bonds is 6. The molecule has 0 saturated carbocycles. The zero-order valence-corrected chi connectivity index (χ0v) is 16.2. The summed E-state index contributed by atoms with van der Waals surface area (Å²) in [7, 11) is 0. The number of nitriles is 1. The average Bonchev–Trinajstić information content (AvgIpc) is 2.98. The summed E-state index contributed by atoms with van der Waals surface area (Å²) >= 11 is 0. The molecule has 0 fully saturated rings. The number of hydrogen-bond donors (Lipinski definition) is 1. The Morgan fingerprint density at radius 1 is 1.21 bits per heavy atom. The summed E-state index contributed by atoms with van der Waals surface area (Å²) in [6.07, 6.45) is 0.187. The zero-order valence-electron chi connectivity index (χ0n) is 16.2. The quantitative estimate of drug-likeness (QED) is 0.709. The Labute approximate surface area is 164 Å². The van der Waals surface area contributed by atoms with Crippen molar-refractivity contribution in [2.45, 2.75) is 27.2 Å². The van der Waals surface area contributed by atoms with Crippen molar-refractivity contribution in [1.29, 1.82) is 5.26 Å². The maximum absolute atomic E-state index is 12.7. The van der Waals surface area contributed by atoms with Crippen LogP contribution in [0.3, 0.4) is 0 Å². The Morgan fingerprint density at radius 2 is 1.96 bits per heavy atom. The van der Waals surface area contributed by atoms with Gasteiger partial charge in [0.25, 0.3) is 0 Å². The summed E-state index contributed by atoms with van der Waals surface area (Å²) in [5.41, 5.74) is 4.53. The standard InChI is InChI=1S/C22H22N4O2/c1-4-28-21-11-10-17(14-23)12-20(21)24-22(27)13-19-15(2)25-26(16(19)3)18-8-6-5-7-9-18/h5-12H,4,13H2,1-3H3,(H,24,27). The molecule has 0 aliphatic heterocycles. The lowest BCUT2D eigenvalue weighted by molar-refractivity contribution is -0.115. The Kier molecular flexibility index (Phi) is 5.75. The fraction of sp³-hybridized carbons (Fsp3) is 0.227. The summed E-state index contributed by atoms with van der Waals surface area (Å²) in [4.78, 5) is 12.7. The molecule has 142 valence electrons. The highest BCUT2D eigenvalue weighted by atomic mass is 16.5. The van der Waals surface area contributed by atoms with Gasteiger partial charge in [0.15, 0.2) is 0 Å². The number of hydrogen-bond acceptors (Lipinski definition) is 4. The van der Waals surface area contributed by atoms with E-state index in [-0.39, 0.29) is 12.3 Å². The van der Waals surface area contributed by atoms with Crippen LogP contribution in [0.25, 0.3) is 5.69 Å². The lowest BCUT2D eigenvalue weighted by atomic mass is 10.1. The highest BCUT2D eigenvalue weighted by molar-refractivity contribution is 5.94. The van der Waals surface area contributed by atoms with Crippen molar-refractivity contribution in [3.05, 3.63) is 71.0 Å². The van der Waals surface area contributed by atoms with Crippen molar-refractivity contribution in [3.8, 4) is 17.5 Å². The Hall–Kier alpha value is -3.59. The van der Waals surface area contributed by atoms with E-state index in [0.717, 1.165) is 22.6 Å². The van der Waals surface area contributed by atoms with Crippen LogP contribution < -0.4 is 10.1 Å². The number of carbonyl (C=O) groups is 1. The molecule has 0 bridgehead atoms. The number of carbonyl (C=O) groups excluding carboxylic acids is 1. The topological polar surface area (TPSA) is 79.9 Å². The first-order chi connectivity index (χ1) is 13.5. The van der Waals surface area contributed by atoms with Crippen LogP contribution >= 0.6 is 0 Å². The largest absolute Gasteiger partial charge is 0.492 e. The van der Waals surface area contributed by atoms with Gasteiger partial charge in [0.05, 0.1) is 41.7 Å². The Bertz CT molecular complexity index is 1030. The second-order valence-electron chi connectivity index (χ2n) is 6.38. The van der Waals surface area contributed by atoms with Gasteiger partial charge in [-0.25, -0.2) is 4.68 Å². The smallest absolute Gasteiger partial charge is 0.229 e. The van der Waals surface area contributed by atoms with Gasteiger partial charge in [0.2, 0.25) is 5.91 Å². The Balaban J connectivity index is 1.83. The van der Waals surface area contributed by atoms with Crippen LogP contribution in [0.1, 0.15) is 29.4 Å². The maximum Gasteiger partial charge on any atom is 0.229 e. The molecule has 1 N–H and O–H groups in total. The van der Waals surface area contributed by atoms with Gasteiger partial charge < -0.3 is 10.1 Å². The van der Waals surface area contributed by atoms with Gasteiger partial charge in [0, 0.05) is 11.3 Å². The summed E-state index contributed by atoms with van der Waals surface area (Å²) in [6.45, 7) is 6.19. The van der Waals surface area contributed by atoms with Crippen molar-refractivity contribution < 1.29 is 9.53 Å². The molecular weight excluding hydrogens is 352 g/mol. The lowest BCUT2D eigenvalue weighted by Gasteiger charge is -2.12. The van der Waals surface area contributed by atoms with E-state index in [1.54, 1.807) is 18.2 Å². The molecule has 0 aliphatic carbocycles. The van der Waals surface area contributed by atoms with Crippen molar-refractivity contribution in [1.82, 2.24) is 9.78 Å². The van der Waals surface area contributed by atoms with Gasteiger partial charge >= 0.3 is 0 Å². The fourth-order valence-corrected chi connectivity index (χ4v) is 3.08. The third kappa shape index (κ3) is 4.04. The number of benzene rings is 2. The minimum absolute atomic E-state index is 0.185. The van der Waals surface area contributed by atoms with Gasteiger partial charge in [0.1, 0.15) is 5.75 Å². The first kappa shape index (κ1) is 19.2. The predicted octanol–water partition coefficient (Wildman–Crippen LogP) is 3.94. The van der Waals surface area contributed by atoms with E-state index in [1.807, 2.05) is 55.8 Å². The first-order valence-corrected chi connectivity index (χ1v) is 9.10. The first-order valence-electron chi connectivity index (χ1n) is 9.10. The van der Waals surface area contributed by atoms with Crippen LogP contribution in [0.4, 0.5) is 5.69 Å². The number of amides is 1. The summed E-state index contributed by atoms with van der Waals surface area (Å²) < 4.78 is 7.40. The number of aryl methyl sites for hydroxylation is 1. The number of nitrogens with zero attached hydrogens (tertiary/aromatic N) is 3. The Morgan fingerprint density at radius 3 is 2.64 bits per heavy atom.